The van der Waals surface area contributed by atoms with E-state index in [1.165, 1.54) is 12.1 Å². The van der Waals surface area contributed by atoms with Gasteiger partial charge in [-0.05, 0) is 67.3 Å². The molecule has 4 rings (SSSR count). The highest BCUT2D eigenvalue weighted by molar-refractivity contribution is 5.20. The first-order chi connectivity index (χ1) is 15.9. The van der Waals surface area contributed by atoms with Crippen molar-refractivity contribution >= 4 is 0 Å². The third kappa shape index (κ3) is 5.75. The summed E-state index contributed by atoms with van der Waals surface area (Å²) in [6.45, 7) is 1.80. The van der Waals surface area contributed by atoms with Crippen LogP contribution in [0, 0.1) is 17.6 Å². The number of piperidine rings is 1. The lowest BCUT2D eigenvalue weighted by molar-refractivity contribution is -0.0711. The van der Waals surface area contributed by atoms with Gasteiger partial charge in [0.05, 0.1) is 5.60 Å². The molecule has 0 saturated carbocycles. The smallest absolute Gasteiger partial charge is 0.252 e. The molecule has 2 heterocycles. The average Bonchev–Trinajstić information content (AvgIpc) is 2.82. The van der Waals surface area contributed by atoms with Gasteiger partial charge in [-0.2, -0.15) is 0 Å². The summed E-state index contributed by atoms with van der Waals surface area (Å²) in [5.74, 6) is -0.744. The second-order valence-electron chi connectivity index (χ2n) is 9.03. The molecule has 4 nitrogen and oxygen atoms in total. The minimum Gasteiger partial charge on any atom is -0.389 e. The van der Waals surface area contributed by atoms with Crippen LogP contribution in [0.4, 0.5) is 8.78 Å². The number of nitrogens with one attached hydrogen (secondary N) is 1. The van der Waals surface area contributed by atoms with Crippen molar-refractivity contribution in [1.82, 2.24) is 9.88 Å². The van der Waals surface area contributed by atoms with Crippen LogP contribution >= 0.6 is 0 Å². The molecule has 1 aliphatic rings. The van der Waals surface area contributed by atoms with Crippen molar-refractivity contribution in [2.75, 3.05) is 13.1 Å². The lowest BCUT2D eigenvalue weighted by Gasteiger charge is -2.43. The second-order valence-corrected chi connectivity index (χ2v) is 9.03. The third-order valence-electron chi connectivity index (χ3n) is 6.92. The molecule has 0 radical (unpaired) electrons. The number of aryl methyl sites for hydroxylation is 1. The van der Waals surface area contributed by atoms with Crippen molar-refractivity contribution in [3.05, 3.63) is 106 Å². The zero-order valence-corrected chi connectivity index (χ0v) is 18.6. The predicted molar refractivity (Wildman–Crippen MR) is 125 cm³/mol. The van der Waals surface area contributed by atoms with Gasteiger partial charge in [-0.25, -0.2) is 8.78 Å². The first-order valence-corrected chi connectivity index (χ1v) is 11.5. The van der Waals surface area contributed by atoms with E-state index in [-0.39, 0.29) is 23.1 Å². The molecule has 1 atom stereocenters. The topological polar surface area (TPSA) is 56.3 Å². The summed E-state index contributed by atoms with van der Waals surface area (Å²) in [6.07, 6.45) is 4.10. The Kier molecular flexibility index (Phi) is 7.36. The van der Waals surface area contributed by atoms with Crippen LogP contribution in [0.3, 0.4) is 0 Å². The van der Waals surface area contributed by atoms with Gasteiger partial charge in [-0.3, -0.25) is 9.69 Å². The molecule has 3 aromatic rings. The number of benzene rings is 2. The Morgan fingerprint density at radius 1 is 0.909 bits per heavy atom. The number of likely N-dealkylation sites (tertiary alicyclic amines) is 1. The summed E-state index contributed by atoms with van der Waals surface area (Å²) < 4.78 is 28.6. The summed E-state index contributed by atoms with van der Waals surface area (Å²) >= 11 is 0. The maximum absolute atomic E-state index is 14.4. The number of halogens is 2. The van der Waals surface area contributed by atoms with Crippen LogP contribution in [0.1, 0.15) is 36.0 Å². The van der Waals surface area contributed by atoms with E-state index in [1.807, 2.05) is 18.2 Å². The molecule has 1 fully saturated rings. The number of H-pyrrole nitrogens is 1. The van der Waals surface area contributed by atoms with E-state index in [0.717, 1.165) is 0 Å². The average molecular weight is 453 g/mol. The minimum atomic E-state index is -0.979. The Morgan fingerprint density at radius 3 is 2.15 bits per heavy atom. The van der Waals surface area contributed by atoms with Gasteiger partial charge in [0.2, 0.25) is 0 Å². The highest BCUT2D eigenvalue weighted by atomic mass is 19.1. The molecule has 2 aromatic carbocycles. The zero-order chi connectivity index (χ0) is 23.3. The van der Waals surface area contributed by atoms with Crippen LogP contribution in [0.25, 0.3) is 0 Å². The van der Waals surface area contributed by atoms with E-state index < -0.39 is 5.60 Å². The van der Waals surface area contributed by atoms with Crippen molar-refractivity contribution in [3.63, 3.8) is 0 Å². The van der Waals surface area contributed by atoms with Crippen LogP contribution in [0.2, 0.25) is 0 Å². The Bertz CT molecular complexity index is 1120. The van der Waals surface area contributed by atoms with E-state index in [1.54, 1.807) is 36.5 Å². The maximum Gasteiger partial charge on any atom is 0.252 e. The fraction of sp³-hybridized carbons (Fsp3) is 0.370. The van der Waals surface area contributed by atoms with Crippen molar-refractivity contribution in [3.8, 4) is 0 Å². The van der Waals surface area contributed by atoms with Crippen LogP contribution < -0.4 is 5.56 Å². The highest BCUT2D eigenvalue weighted by Crippen LogP contribution is 2.36. The summed E-state index contributed by atoms with van der Waals surface area (Å²) in [7, 11) is 0. The second kappa shape index (κ2) is 10.4. The van der Waals surface area contributed by atoms with Gasteiger partial charge in [0, 0.05) is 31.4 Å². The van der Waals surface area contributed by atoms with Crippen LogP contribution in [0.5, 0.6) is 0 Å². The molecule has 6 heteroatoms. The Labute approximate surface area is 192 Å². The maximum atomic E-state index is 14.4. The molecule has 1 aromatic heterocycles. The molecular weight excluding hydrogens is 422 g/mol. The first-order valence-electron chi connectivity index (χ1n) is 11.5. The van der Waals surface area contributed by atoms with Crippen molar-refractivity contribution in [2.45, 2.75) is 44.2 Å². The molecule has 1 aliphatic heterocycles. The van der Waals surface area contributed by atoms with Gasteiger partial charge in [0.1, 0.15) is 11.6 Å². The SMILES string of the molecule is O=c1[nH]cccc1CN1CCC(O)(C(CCc2ccccc2F)Cc2ccccc2F)CC1. The number of rotatable bonds is 8. The van der Waals surface area contributed by atoms with Crippen molar-refractivity contribution in [1.29, 1.82) is 0 Å². The third-order valence-corrected chi connectivity index (χ3v) is 6.92. The fourth-order valence-corrected chi connectivity index (χ4v) is 4.85. The zero-order valence-electron chi connectivity index (χ0n) is 18.6. The molecular formula is C27H30F2N2O2. The lowest BCUT2D eigenvalue weighted by atomic mass is 9.74. The molecule has 0 spiro atoms. The van der Waals surface area contributed by atoms with E-state index in [2.05, 4.69) is 9.88 Å². The number of aliphatic hydroxyl groups is 1. The number of pyridine rings is 1. The van der Waals surface area contributed by atoms with Crippen LogP contribution in [-0.4, -0.2) is 33.7 Å². The quantitative estimate of drug-likeness (QED) is 0.530. The normalized spacial score (nSPS) is 17.1. The molecule has 33 heavy (non-hydrogen) atoms. The largest absolute Gasteiger partial charge is 0.389 e. The van der Waals surface area contributed by atoms with Gasteiger partial charge >= 0.3 is 0 Å². The van der Waals surface area contributed by atoms with E-state index in [0.29, 0.717) is 68.4 Å². The Balaban J connectivity index is 1.48. The van der Waals surface area contributed by atoms with Crippen molar-refractivity contribution < 1.29 is 13.9 Å². The van der Waals surface area contributed by atoms with E-state index in [9.17, 15) is 18.7 Å². The predicted octanol–water partition coefficient (Wildman–Crippen LogP) is 4.47. The van der Waals surface area contributed by atoms with Gasteiger partial charge < -0.3 is 10.1 Å². The van der Waals surface area contributed by atoms with Crippen LogP contribution in [-0.2, 0) is 19.4 Å². The van der Waals surface area contributed by atoms with E-state index >= 15 is 0 Å². The van der Waals surface area contributed by atoms with Gasteiger partial charge in [0.15, 0.2) is 0 Å². The summed E-state index contributed by atoms with van der Waals surface area (Å²) in [5, 5.41) is 11.7. The minimum absolute atomic E-state index is 0.0966. The Hall–Kier alpha value is -2.83. The number of aromatic amines is 1. The molecule has 0 amide bonds. The van der Waals surface area contributed by atoms with Gasteiger partial charge in [-0.1, -0.05) is 42.5 Å². The molecule has 0 bridgehead atoms. The number of nitrogens with zero attached hydrogens (tertiary/aromatic N) is 1. The fourth-order valence-electron chi connectivity index (χ4n) is 4.85. The molecule has 174 valence electrons. The van der Waals surface area contributed by atoms with Gasteiger partial charge in [-0.15, -0.1) is 0 Å². The number of hydrogen-bond donors (Lipinski definition) is 2. The standard InChI is InChI=1S/C27H30F2N2O2/c28-24-9-3-1-6-20(24)11-12-23(18-21-7-2-4-10-25(21)29)27(33)13-16-31(17-14-27)19-22-8-5-15-30-26(22)32/h1-10,15,23,33H,11-14,16-19H2,(H,30,32). The van der Waals surface area contributed by atoms with Crippen molar-refractivity contribution in [2.24, 2.45) is 5.92 Å². The molecule has 2 N–H and O–H groups in total. The number of hydrogen-bond acceptors (Lipinski definition) is 3. The monoisotopic (exact) mass is 452 g/mol. The number of aromatic nitrogens is 1. The summed E-state index contributed by atoms with van der Waals surface area (Å²) in [4.78, 5) is 16.9. The Morgan fingerprint density at radius 2 is 1.52 bits per heavy atom. The summed E-state index contributed by atoms with van der Waals surface area (Å²) in [5.41, 5.74) is 0.807. The van der Waals surface area contributed by atoms with Gasteiger partial charge in [0.25, 0.3) is 5.56 Å². The van der Waals surface area contributed by atoms with Crippen LogP contribution in [0.15, 0.2) is 71.7 Å². The summed E-state index contributed by atoms with van der Waals surface area (Å²) in [6, 6.07) is 17.0. The van der Waals surface area contributed by atoms with E-state index in [4.69, 9.17) is 0 Å². The highest BCUT2D eigenvalue weighted by Gasteiger charge is 2.39. The first kappa shape index (κ1) is 23.3. The molecule has 1 unspecified atom stereocenters. The lowest BCUT2D eigenvalue weighted by Crippen LogP contribution is -2.49. The molecule has 0 aliphatic carbocycles. The molecule has 1 saturated heterocycles.